The molecule has 0 aliphatic heterocycles. The lowest BCUT2D eigenvalue weighted by Gasteiger charge is -2.27. The van der Waals surface area contributed by atoms with Gasteiger partial charge < -0.3 is 14.2 Å². The summed E-state index contributed by atoms with van der Waals surface area (Å²) in [4.78, 5) is 38.2. The van der Waals surface area contributed by atoms with Crippen LogP contribution in [0.2, 0.25) is 0 Å². The van der Waals surface area contributed by atoms with E-state index in [9.17, 15) is 14.4 Å². The molecule has 0 aromatic carbocycles. The van der Waals surface area contributed by atoms with Crippen molar-refractivity contribution in [3.63, 3.8) is 0 Å². The first kappa shape index (κ1) is 18.9. The molecule has 0 aliphatic carbocycles. The molecule has 1 unspecified atom stereocenters. The minimum absolute atomic E-state index is 0.132. The number of Topliss-reactive ketones (excluding diaryl/α,β-unsaturated/α-hetero) is 1. The van der Waals surface area contributed by atoms with E-state index in [2.05, 4.69) is 0 Å². The molecular weight excluding hydrogens is 296 g/mol. The maximum absolute atomic E-state index is 12.9. The zero-order chi connectivity index (χ0) is 17.9. The van der Waals surface area contributed by atoms with Crippen molar-refractivity contribution < 1.29 is 19.1 Å². The van der Waals surface area contributed by atoms with Crippen LogP contribution in [0.1, 0.15) is 59.3 Å². The second kappa shape index (κ2) is 7.44. The Balaban J connectivity index is 3.33. The highest BCUT2D eigenvalue weighted by Gasteiger charge is 2.31. The van der Waals surface area contributed by atoms with Gasteiger partial charge in [-0.15, -0.1) is 0 Å². The summed E-state index contributed by atoms with van der Waals surface area (Å²) < 4.78 is 6.46. The minimum Gasteiger partial charge on any atom is -0.464 e. The number of hydrogen-bond acceptors (Lipinski definition) is 4. The fourth-order valence-corrected chi connectivity index (χ4v) is 2.94. The van der Waals surface area contributed by atoms with Crippen LogP contribution in [0.3, 0.4) is 0 Å². The van der Waals surface area contributed by atoms with E-state index < -0.39 is 12.0 Å². The monoisotopic (exact) mass is 322 g/mol. The molecule has 0 N–H and O–H groups in total. The standard InChI is InChI=1S/C17H26N2O4/c1-8-9-19(13(5)20)12(4)16(21)14-10(2)15(17(22)23-7)18(6)11(14)3/h12H,8-9H2,1-7H3. The number of aromatic nitrogens is 1. The number of nitrogens with zero attached hydrogens (tertiary/aromatic N) is 2. The van der Waals surface area contributed by atoms with Crippen molar-refractivity contribution in [3.8, 4) is 0 Å². The van der Waals surface area contributed by atoms with Crippen LogP contribution >= 0.6 is 0 Å². The molecular formula is C17H26N2O4. The van der Waals surface area contributed by atoms with Crippen molar-refractivity contribution in [2.75, 3.05) is 13.7 Å². The van der Waals surface area contributed by atoms with Crippen LogP contribution in [0.4, 0.5) is 0 Å². The molecule has 128 valence electrons. The maximum Gasteiger partial charge on any atom is 0.354 e. The van der Waals surface area contributed by atoms with E-state index in [-0.39, 0.29) is 11.7 Å². The van der Waals surface area contributed by atoms with E-state index in [4.69, 9.17) is 4.74 Å². The van der Waals surface area contributed by atoms with Crippen molar-refractivity contribution in [1.29, 1.82) is 0 Å². The van der Waals surface area contributed by atoms with Crippen LogP contribution < -0.4 is 0 Å². The van der Waals surface area contributed by atoms with E-state index in [1.807, 2.05) is 6.92 Å². The second-order valence-corrected chi connectivity index (χ2v) is 5.74. The number of hydrogen-bond donors (Lipinski definition) is 0. The van der Waals surface area contributed by atoms with Crippen LogP contribution in [-0.2, 0) is 16.6 Å². The number of methoxy groups -OCH3 is 1. The molecule has 6 nitrogen and oxygen atoms in total. The van der Waals surface area contributed by atoms with Gasteiger partial charge in [0, 0.05) is 31.8 Å². The zero-order valence-corrected chi connectivity index (χ0v) is 15.0. The Morgan fingerprint density at radius 3 is 2.26 bits per heavy atom. The van der Waals surface area contributed by atoms with Gasteiger partial charge in [0.25, 0.3) is 0 Å². The predicted octanol–water partition coefficient (Wildman–Crippen LogP) is 2.26. The molecule has 0 bridgehead atoms. The van der Waals surface area contributed by atoms with Crippen LogP contribution in [0.15, 0.2) is 0 Å². The van der Waals surface area contributed by atoms with Gasteiger partial charge in [0.05, 0.1) is 13.2 Å². The molecule has 0 radical (unpaired) electrons. The molecule has 1 rings (SSSR count). The summed E-state index contributed by atoms with van der Waals surface area (Å²) in [6, 6.07) is -0.572. The van der Waals surface area contributed by atoms with Crippen LogP contribution in [-0.4, -0.2) is 46.8 Å². The molecule has 0 saturated carbocycles. The summed E-state index contributed by atoms with van der Waals surface area (Å²) in [7, 11) is 3.04. The molecule has 0 spiro atoms. The van der Waals surface area contributed by atoms with Gasteiger partial charge in [-0.25, -0.2) is 4.79 Å². The third-order valence-electron chi connectivity index (χ3n) is 4.27. The van der Waals surface area contributed by atoms with Gasteiger partial charge >= 0.3 is 5.97 Å². The Morgan fingerprint density at radius 2 is 1.83 bits per heavy atom. The van der Waals surface area contributed by atoms with Crippen LogP contribution in [0.5, 0.6) is 0 Å². The average Bonchev–Trinajstić information content (AvgIpc) is 2.72. The van der Waals surface area contributed by atoms with Gasteiger partial charge in [0.1, 0.15) is 5.69 Å². The highest BCUT2D eigenvalue weighted by atomic mass is 16.5. The van der Waals surface area contributed by atoms with E-state index in [0.29, 0.717) is 29.1 Å². The Hall–Kier alpha value is -2.11. The molecule has 23 heavy (non-hydrogen) atoms. The zero-order valence-electron chi connectivity index (χ0n) is 15.0. The number of carbonyl (C=O) groups excluding carboxylic acids is 3. The topological polar surface area (TPSA) is 68.6 Å². The van der Waals surface area contributed by atoms with E-state index in [1.165, 1.54) is 14.0 Å². The van der Waals surface area contributed by atoms with Crippen molar-refractivity contribution in [2.45, 2.75) is 47.1 Å². The summed E-state index contributed by atoms with van der Waals surface area (Å²) in [6.45, 7) is 9.19. The third-order valence-corrected chi connectivity index (χ3v) is 4.27. The lowest BCUT2D eigenvalue weighted by atomic mass is 9.99. The van der Waals surface area contributed by atoms with Gasteiger partial charge in [-0.05, 0) is 32.8 Å². The summed E-state index contributed by atoms with van der Waals surface area (Å²) >= 11 is 0. The van der Waals surface area contributed by atoms with Crippen LogP contribution in [0, 0.1) is 13.8 Å². The molecule has 1 atom stereocenters. The quantitative estimate of drug-likeness (QED) is 0.595. The fourth-order valence-electron chi connectivity index (χ4n) is 2.94. The van der Waals surface area contributed by atoms with Gasteiger partial charge in [0.2, 0.25) is 5.91 Å². The normalized spacial score (nSPS) is 12.0. The average molecular weight is 322 g/mol. The summed E-state index contributed by atoms with van der Waals surface area (Å²) in [5, 5.41) is 0. The number of carbonyl (C=O) groups is 3. The number of rotatable bonds is 6. The highest BCUT2D eigenvalue weighted by Crippen LogP contribution is 2.24. The lowest BCUT2D eigenvalue weighted by Crippen LogP contribution is -2.42. The van der Waals surface area contributed by atoms with Crippen molar-refractivity contribution in [1.82, 2.24) is 9.47 Å². The van der Waals surface area contributed by atoms with Gasteiger partial charge in [-0.3, -0.25) is 9.59 Å². The maximum atomic E-state index is 12.9. The molecule has 6 heteroatoms. The molecule has 0 saturated heterocycles. The molecule has 1 amide bonds. The summed E-state index contributed by atoms with van der Waals surface area (Å²) in [6.07, 6.45) is 0.775. The number of esters is 1. The van der Waals surface area contributed by atoms with E-state index in [1.54, 1.807) is 37.3 Å². The molecule has 0 fully saturated rings. The molecule has 1 aromatic rings. The first-order valence-electron chi connectivity index (χ1n) is 7.74. The van der Waals surface area contributed by atoms with E-state index >= 15 is 0 Å². The van der Waals surface area contributed by atoms with Crippen molar-refractivity contribution in [3.05, 3.63) is 22.5 Å². The Bertz CT molecular complexity index is 631. The number of amides is 1. The smallest absolute Gasteiger partial charge is 0.354 e. The van der Waals surface area contributed by atoms with Crippen molar-refractivity contribution in [2.24, 2.45) is 7.05 Å². The number of ether oxygens (including phenoxy) is 1. The first-order valence-corrected chi connectivity index (χ1v) is 7.74. The van der Waals surface area contributed by atoms with Crippen molar-refractivity contribution >= 4 is 17.7 Å². The lowest BCUT2D eigenvalue weighted by molar-refractivity contribution is -0.130. The Morgan fingerprint density at radius 1 is 1.26 bits per heavy atom. The largest absolute Gasteiger partial charge is 0.464 e. The SMILES string of the molecule is CCCN(C(C)=O)C(C)C(=O)c1c(C)c(C(=O)OC)n(C)c1C. The van der Waals surface area contributed by atoms with Gasteiger partial charge in [-0.2, -0.15) is 0 Å². The summed E-state index contributed by atoms with van der Waals surface area (Å²) in [5.41, 5.74) is 2.14. The van der Waals surface area contributed by atoms with Crippen LogP contribution in [0.25, 0.3) is 0 Å². The summed E-state index contributed by atoms with van der Waals surface area (Å²) in [5.74, 6) is -0.765. The van der Waals surface area contributed by atoms with Gasteiger partial charge in [-0.1, -0.05) is 6.92 Å². The van der Waals surface area contributed by atoms with Gasteiger partial charge in [0.15, 0.2) is 5.78 Å². The van der Waals surface area contributed by atoms with E-state index in [0.717, 1.165) is 6.42 Å². The third kappa shape index (κ3) is 3.46. The number of ketones is 1. The fraction of sp³-hybridized carbons (Fsp3) is 0.588. The first-order chi connectivity index (χ1) is 10.7. The second-order valence-electron chi connectivity index (χ2n) is 5.74. The molecule has 0 aliphatic rings. The predicted molar refractivity (Wildman–Crippen MR) is 87.7 cm³/mol. The minimum atomic E-state index is -0.572. The molecule has 1 heterocycles. The Kier molecular flexibility index (Phi) is 6.12. The highest BCUT2D eigenvalue weighted by molar-refractivity contribution is 6.06. The Labute approximate surface area is 137 Å². The molecule has 1 aromatic heterocycles.